The van der Waals surface area contributed by atoms with Crippen molar-refractivity contribution in [3.63, 3.8) is 0 Å². The molecule has 4 rings (SSSR count). The highest BCUT2D eigenvalue weighted by molar-refractivity contribution is 7.71. The topological polar surface area (TPSA) is 66.8 Å². The number of rotatable bonds is 5. The van der Waals surface area contributed by atoms with Crippen LogP contribution in [0.4, 0.5) is 5.69 Å². The number of halogens is 1. The summed E-state index contributed by atoms with van der Waals surface area (Å²) in [6.45, 7) is 0.362. The molecule has 1 saturated carbocycles. The van der Waals surface area contributed by atoms with Gasteiger partial charge in [0.2, 0.25) is 5.89 Å². The smallest absolute Gasteiger partial charge is 0.288 e. The van der Waals surface area contributed by atoms with Crippen molar-refractivity contribution in [2.75, 3.05) is 5.32 Å². The summed E-state index contributed by atoms with van der Waals surface area (Å²) in [7, 11) is 0. The summed E-state index contributed by atoms with van der Waals surface area (Å²) in [5.41, 5.74) is 2.69. The molecule has 0 unspecified atom stereocenters. The minimum atomic E-state index is 0.285. The first-order valence-electron chi connectivity index (χ1n) is 9.70. The highest BCUT2D eigenvalue weighted by atomic mass is 35.5. The molecule has 1 aliphatic carbocycles. The molecule has 0 bridgehead atoms. The third-order valence-electron chi connectivity index (χ3n) is 5.51. The maximum Gasteiger partial charge on any atom is 0.288 e. The number of nitrogens with one attached hydrogen (secondary N) is 1. The predicted molar refractivity (Wildman–Crippen MR) is 116 cm³/mol. The molecule has 148 valence electrons. The quantitative estimate of drug-likeness (QED) is 0.491. The summed E-state index contributed by atoms with van der Waals surface area (Å²) in [6.07, 6.45) is 4.23. The first-order chi connectivity index (χ1) is 14.1. The second kappa shape index (κ2) is 8.81. The minimum Gasteiger partial charge on any atom is -0.414 e. The number of nitriles is 1. The molecule has 0 atom stereocenters. The van der Waals surface area contributed by atoms with Crippen molar-refractivity contribution in [1.29, 1.82) is 5.26 Å². The van der Waals surface area contributed by atoms with Gasteiger partial charge in [-0.15, -0.1) is 5.10 Å². The molecule has 1 N–H and O–H groups in total. The van der Waals surface area contributed by atoms with Crippen molar-refractivity contribution in [3.8, 4) is 6.07 Å². The van der Waals surface area contributed by atoms with E-state index in [0.29, 0.717) is 28.9 Å². The van der Waals surface area contributed by atoms with Gasteiger partial charge < -0.3 is 9.73 Å². The third kappa shape index (κ3) is 4.52. The number of hydrogen-bond acceptors (Lipinski definition) is 5. The molecular formula is C22H21ClN4OS. The zero-order chi connectivity index (χ0) is 20.2. The van der Waals surface area contributed by atoms with Gasteiger partial charge in [0.1, 0.15) is 12.7 Å². The van der Waals surface area contributed by atoms with E-state index >= 15 is 0 Å². The van der Waals surface area contributed by atoms with Crippen LogP contribution in [0.1, 0.15) is 54.5 Å². The van der Waals surface area contributed by atoms with Crippen LogP contribution < -0.4 is 5.32 Å². The maximum absolute atomic E-state index is 9.20. The van der Waals surface area contributed by atoms with Crippen LogP contribution in [0, 0.1) is 16.2 Å². The van der Waals surface area contributed by atoms with Gasteiger partial charge in [0.15, 0.2) is 0 Å². The van der Waals surface area contributed by atoms with Crippen LogP contribution in [-0.4, -0.2) is 9.78 Å². The number of hydrogen-bond donors (Lipinski definition) is 1. The van der Waals surface area contributed by atoms with Gasteiger partial charge in [-0.25, -0.2) is 4.68 Å². The van der Waals surface area contributed by atoms with Crippen LogP contribution in [0.15, 0.2) is 52.9 Å². The van der Waals surface area contributed by atoms with Crippen molar-refractivity contribution < 1.29 is 4.42 Å². The fourth-order valence-corrected chi connectivity index (χ4v) is 4.21. The number of para-hydroxylation sites is 1. The van der Waals surface area contributed by atoms with E-state index in [1.807, 2.05) is 30.3 Å². The van der Waals surface area contributed by atoms with E-state index < -0.39 is 0 Å². The van der Waals surface area contributed by atoms with Gasteiger partial charge in [-0.05, 0) is 73.6 Å². The Balaban J connectivity index is 1.39. The van der Waals surface area contributed by atoms with Crippen LogP contribution in [0.25, 0.3) is 0 Å². The molecule has 0 amide bonds. The van der Waals surface area contributed by atoms with Crippen LogP contribution in [0.2, 0.25) is 5.02 Å². The average molecular weight is 425 g/mol. The molecule has 1 aliphatic rings. The number of benzene rings is 2. The van der Waals surface area contributed by atoms with E-state index in [1.165, 1.54) is 5.56 Å². The lowest BCUT2D eigenvalue weighted by Gasteiger charge is -2.26. The largest absolute Gasteiger partial charge is 0.414 e. The highest BCUT2D eigenvalue weighted by Gasteiger charge is 2.27. The van der Waals surface area contributed by atoms with Crippen LogP contribution in [-0.2, 0) is 6.67 Å². The molecule has 3 aromatic rings. The summed E-state index contributed by atoms with van der Waals surface area (Å²) >= 11 is 11.3. The average Bonchev–Trinajstić information content (AvgIpc) is 3.13. The molecule has 0 spiro atoms. The summed E-state index contributed by atoms with van der Waals surface area (Å²) in [4.78, 5) is 0.349. The molecule has 0 radical (unpaired) electrons. The minimum absolute atomic E-state index is 0.285. The van der Waals surface area contributed by atoms with E-state index in [9.17, 15) is 5.26 Å². The lowest BCUT2D eigenvalue weighted by Crippen LogP contribution is -2.14. The predicted octanol–water partition coefficient (Wildman–Crippen LogP) is 6.24. The highest BCUT2D eigenvalue weighted by Crippen LogP contribution is 2.40. The van der Waals surface area contributed by atoms with Gasteiger partial charge >= 0.3 is 0 Å². The Bertz CT molecular complexity index is 1080. The standard InChI is InChI=1S/C22H21ClN4OS/c23-19-11-9-16(10-12-19)15-5-7-17(8-6-15)21-26-27(22(29)28-21)14-25-20-4-2-1-3-18(20)13-24/h1-4,9-12,15,17,25H,5-8,14H2. The second-order valence-corrected chi connectivity index (χ2v) is 8.08. The van der Waals surface area contributed by atoms with E-state index in [-0.39, 0.29) is 5.92 Å². The summed E-state index contributed by atoms with van der Waals surface area (Å²) in [6, 6.07) is 17.7. The molecule has 7 heteroatoms. The second-order valence-electron chi connectivity index (χ2n) is 7.30. The zero-order valence-corrected chi connectivity index (χ0v) is 17.4. The summed E-state index contributed by atoms with van der Waals surface area (Å²) in [5, 5.41) is 17.8. The number of aromatic nitrogens is 2. The normalized spacial score (nSPS) is 18.9. The van der Waals surface area contributed by atoms with Gasteiger partial charge in [0, 0.05) is 10.9 Å². The van der Waals surface area contributed by atoms with Gasteiger partial charge in [0.25, 0.3) is 4.84 Å². The Morgan fingerprint density at radius 3 is 2.52 bits per heavy atom. The molecule has 5 nitrogen and oxygen atoms in total. The van der Waals surface area contributed by atoms with E-state index in [0.717, 1.165) is 36.4 Å². The molecule has 1 fully saturated rings. The van der Waals surface area contributed by atoms with E-state index in [1.54, 1.807) is 10.7 Å². The summed E-state index contributed by atoms with van der Waals surface area (Å²) < 4.78 is 7.44. The lowest BCUT2D eigenvalue weighted by atomic mass is 9.79. The first kappa shape index (κ1) is 19.7. The van der Waals surface area contributed by atoms with Crippen LogP contribution in [0.5, 0.6) is 0 Å². The fourth-order valence-electron chi connectivity index (χ4n) is 3.89. The van der Waals surface area contributed by atoms with Gasteiger partial charge in [0.05, 0.1) is 11.3 Å². The third-order valence-corrected chi connectivity index (χ3v) is 6.05. The molecule has 29 heavy (non-hydrogen) atoms. The Hall–Kier alpha value is -2.62. The Kier molecular flexibility index (Phi) is 5.98. The zero-order valence-electron chi connectivity index (χ0n) is 15.8. The Morgan fingerprint density at radius 1 is 1.10 bits per heavy atom. The van der Waals surface area contributed by atoms with Crippen molar-refractivity contribution in [3.05, 3.63) is 75.4 Å². The van der Waals surface area contributed by atoms with Crippen LogP contribution in [0.3, 0.4) is 0 Å². The van der Waals surface area contributed by atoms with Crippen molar-refractivity contribution >= 4 is 29.5 Å². The summed E-state index contributed by atoms with van der Waals surface area (Å²) in [5.74, 6) is 1.55. The molecule has 0 saturated heterocycles. The fraction of sp³-hybridized carbons (Fsp3) is 0.318. The van der Waals surface area contributed by atoms with Crippen molar-refractivity contribution in [2.45, 2.75) is 44.2 Å². The molecular weight excluding hydrogens is 404 g/mol. The lowest BCUT2D eigenvalue weighted by molar-refractivity contribution is 0.336. The monoisotopic (exact) mass is 424 g/mol. The number of anilines is 1. The van der Waals surface area contributed by atoms with Crippen molar-refractivity contribution in [2.24, 2.45) is 0 Å². The first-order valence-corrected chi connectivity index (χ1v) is 10.5. The Morgan fingerprint density at radius 2 is 1.79 bits per heavy atom. The van der Waals surface area contributed by atoms with Gasteiger partial charge in [-0.3, -0.25) is 0 Å². The number of nitrogens with zero attached hydrogens (tertiary/aromatic N) is 3. The van der Waals surface area contributed by atoms with Gasteiger partial charge in [-0.1, -0.05) is 35.9 Å². The van der Waals surface area contributed by atoms with E-state index in [2.05, 4.69) is 28.6 Å². The SMILES string of the molecule is N#Cc1ccccc1NCn1nc(C2CCC(c3ccc(Cl)cc3)CC2)oc1=S. The maximum atomic E-state index is 9.20. The van der Waals surface area contributed by atoms with Gasteiger partial charge in [-0.2, -0.15) is 5.26 Å². The molecule has 0 aliphatic heterocycles. The molecule has 1 aromatic heterocycles. The van der Waals surface area contributed by atoms with Crippen molar-refractivity contribution in [1.82, 2.24) is 9.78 Å². The molecule has 1 heterocycles. The Labute approximate surface area is 179 Å². The van der Waals surface area contributed by atoms with Crippen LogP contribution >= 0.6 is 23.8 Å². The molecule has 2 aromatic carbocycles. The van der Waals surface area contributed by atoms with E-state index in [4.69, 9.17) is 28.2 Å².